The molecule has 3 rings (SSSR count). The van der Waals surface area contributed by atoms with Crippen LogP contribution in [0.2, 0.25) is 0 Å². The number of aromatic hydroxyl groups is 3. The maximum absolute atomic E-state index is 10.9. The lowest BCUT2D eigenvalue weighted by Crippen LogP contribution is -2.36. The normalized spacial score (nSPS) is 14.1. The molecule has 5 heteroatoms. The Morgan fingerprint density at radius 3 is 1.08 bits per heavy atom. The zero-order chi connectivity index (χ0) is 38.9. The van der Waals surface area contributed by atoms with Gasteiger partial charge in [-0.15, -0.1) is 0 Å². The number of hydrogen-bond acceptors (Lipinski definition) is 5. The Labute approximate surface area is 304 Å². The summed E-state index contributed by atoms with van der Waals surface area (Å²) in [6, 6.07) is 12.3. The predicted molar refractivity (Wildman–Crippen MR) is 211 cm³/mol. The van der Waals surface area contributed by atoms with Gasteiger partial charge in [0.15, 0.2) is 0 Å². The van der Waals surface area contributed by atoms with Crippen LogP contribution in [0.4, 0.5) is 0 Å². The van der Waals surface area contributed by atoms with Crippen molar-refractivity contribution < 1.29 is 25.5 Å². The van der Waals surface area contributed by atoms with E-state index in [9.17, 15) is 20.4 Å². The zero-order valence-corrected chi connectivity index (χ0v) is 34.4. The molecule has 0 fully saturated rings. The van der Waals surface area contributed by atoms with E-state index in [-0.39, 0.29) is 46.0 Å². The lowest BCUT2D eigenvalue weighted by molar-refractivity contribution is -0.0204. The number of phenolic OH excluding ortho intramolecular Hbond substituents is 3. The fraction of sp³-hybridized carbons (Fsp3) is 0.600. The number of rotatable bonds is 8. The van der Waals surface area contributed by atoms with Gasteiger partial charge in [0, 0.05) is 11.3 Å². The summed E-state index contributed by atoms with van der Waals surface area (Å²) in [5.41, 5.74) is 8.74. The summed E-state index contributed by atoms with van der Waals surface area (Å²) in [6.45, 7) is 35.4. The van der Waals surface area contributed by atoms with E-state index in [1.165, 1.54) is 16.7 Å². The fourth-order valence-electron chi connectivity index (χ4n) is 7.11. The minimum atomic E-state index is -0.419. The molecule has 3 aromatic rings. The third-order valence-corrected chi connectivity index (χ3v) is 10.3. The largest absolute Gasteiger partial charge is 0.508 e. The summed E-state index contributed by atoms with van der Waals surface area (Å²) < 4.78 is 0. The van der Waals surface area contributed by atoms with Crippen LogP contribution in [-0.2, 0) is 16.2 Å². The van der Waals surface area contributed by atoms with Crippen molar-refractivity contribution in [3.8, 4) is 17.2 Å². The van der Waals surface area contributed by atoms with Gasteiger partial charge in [-0.3, -0.25) is 0 Å². The Morgan fingerprint density at radius 1 is 0.520 bits per heavy atom. The Morgan fingerprint density at radius 2 is 0.820 bits per heavy atom. The summed E-state index contributed by atoms with van der Waals surface area (Å²) in [4.78, 5) is 0. The van der Waals surface area contributed by atoms with Crippen LogP contribution in [0.1, 0.15) is 165 Å². The van der Waals surface area contributed by atoms with Crippen LogP contribution in [-0.4, -0.2) is 38.2 Å². The minimum absolute atomic E-state index is 0.0341. The Bertz CT molecular complexity index is 1540. The SMILES string of the molecule is CC(C)C(O)C(C)(C)CO.Cc1cc(O)c(C(C)(C)C)cc1C(C)CC(c1cc(C(C)(C)C)c(O)cc1C)c1cc(C(C)(C)C)c(O)cc1C. The molecule has 0 aliphatic rings. The summed E-state index contributed by atoms with van der Waals surface area (Å²) >= 11 is 0. The summed E-state index contributed by atoms with van der Waals surface area (Å²) in [7, 11) is 0. The van der Waals surface area contributed by atoms with Gasteiger partial charge in [0.25, 0.3) is 0 Å². The van der Waals surface area contributed by atoms with Gasteiger partial charge in [0.2, 0.25) is 0 Å². The van der Waals surface area contributed by atoms with Gasteiger partial charge in [-0.05, 0) is 124 Å². The molecule has 5 nitrogen and oxygen atoms in total. The molecule has 0 saturated heterocycles. The van der Waals surface area contributed by atoms with E-state index in [4.69, 9.17) is 5.11 Å². The molecule has 0 heterocycles. The van der Waals surface area contributed by atoms with Crippen LogP contribution >= 0.6 is 0 Å². The van der Waals surface area contributed by atoms with Crippen molar-refractivity contribution >= 4 is 0 Å². The molecule has 280 valence electrons. The van der Waals surface area contributed by atoms with Crippen molar-refractivity contribution in [2.75, 3.05) is 6.61 Å². The molecule has 0 aromatic heterocycles. The van der Waals surface area contributed by atoms with Crippen molar-refractivity contribution in [2.24, 2.45) is 11.3 Å². The van der Waals surface area contributed by atoms with Gasteiger partial charge >= 0.3 is 0 Å². The van der Waals surface area contributed by atoms with E-state index in [0.717, 1.165) is 39.8 Å². The molecule has 0 saturated carbocycles. The molecule has 0 radical (unpaired) electrons. The van der Waals surface area contributed by atoms with E-state index in [2.05, 4.69) is 108 Å². The van der Waals surface area contributed by atoms with E-state index in [1.54, 1.807) is 0 Å². The van der Waals surface area contributed by atoms with E-state index < -0.39 is 6.10 Å². The molecule has 50 heavy (non-hydrogen) atoms. The lowest BCUT2D eigenvalue weighted by Gasteiger charge is -2.31. The number of benzene rings is 3. The third-order valence-electron chi connectivity index (χ3n) is 10.3. The standard InChI is InChI=1S/C37H52O3.C8H18O2/c1-21(25-18-29(35(5,6)7)32(38)15-22(25)2)14-28(26-19-30(36(8,9)10)33(39)16-23(26)3)27-20-31(37(11,12)13)34(40)17-24(27)4;1-6(2)7(10)8(3,4)5-9/h15-21,28,38-40H,14H2,1-13H3;6-7,9-10H,5H2,1-4H3. The second-order valence-electron chi connectivity index (χ2n) is 19.0. The summed E-state index contributed by atoms with van der Waals surface area (Å²) in [5, 5.41) is 50.9. The first-order valence-corrected chi connectivity index (χ1v) is 18.3. The van der Waals surface area contributed by atoms with Crippen molar-refractivity contribution in [3.63, 3.8) is 0 Å². The Hall–Kier alpha value is -3.02. The summed E-state index contributed by atoms with van der Waals surface area (Å²) in [5.74, 6) is 1.48. The van der Waals surface area contributed by atoms with Gasteiger partial charge < -0.3 is 25.5 Å². The third kappa shape index (κ3) is 10.3. The number of aryl methyl sites for hydroxylation is 3. The topological polar surface area (TPSA) is 101 Å². The first-order valence-electron chi connectivity index (χ1n) is 18.3. The first-order chi connectivity index (χ1) is 22.5. The highest BCUT2D eigenvalue weighted by Crippen LogP contribution is 2.45. The molecular formula is C45H70O5. The molecule has 0 aliphatic carbocycles. The molecule has 2 unspecified atom stereocenters. The monoisotopic (exact) mass is 691 g/mol. The van der Waals surface area contributed by atoms with Gasteiger partial charge in [-0.1, -0.05) is 115 Å². The smallest absolute Gasteiger partial charge is 0.119 e. The molecule has 2 atom stereocenters. The second-order valence-corrected chi connectivity index (χ2v) is 19.0. The highest BCUT2D eigenvalue weighted by Gasteiger charge is 2.31. The fourth-order valence-corrected chi connectivity index (χ4v) is 7.11. The van der Waals surface area contributed by atoms with Gasteiger partial charge in [0.1, 0.15) is 17.2 Å². The van der Waals surface area contributed by atoms with Crippen LogP contribution in [0.3, 0.4) is 0 Å². The Balaban J connectivity index is 0.000000752. The van der Waals surface area contributed by atoms with Crippen molar-refractivity contribution in [3.05, 3.63) is 86.5 Å². The second kappa shape index (κ2) is 15.7. The van der Waals surface area contributed by atoms with Gasteiger partial charge in [-0.2, -0.15) is 0 Å². The van der Waals surface area contributed by atoms with E-state index >= 15 is 0 Å². The van der Waals surface area contributed by atoms with E-state index in [0.29, 0.717) is 17.2 Å². The quantitative estimate of drug-likeness (QED) is 0.162. The maximum atomic E-state index is 10.9. The molecule has 5 N–H and O–H groups in total. The Kier molecular flexibility index (Phi) is 13.5. The van der Waals surface area contributed by atoms with Crippen LogP contribution in [0.5, 0.6) is 17.2 Å². The summed E-state index contributed by atoms with van der Waals surface area (Å²) in [6.07, 6.45) is 0.428. The average Bonchev–Trinajstić information content (AvgIpc) is 2.94. The van der Waals surface area contributed by atoms with Crippen molar-refractivity contribution in [1.82, 2.24) is 0 Å². The molecule has 3 aromatic carbocycles. The minimum Gasteiger partial charge on any atom is -0.508 e. The lowest BCUT2D eigenvalue weighted by atomic mass is 9.74. The maximum Gasteiger partial charge on any atom is 0.119 e. The molecule has 0 spiro atoms. The highest BCUT2D eigenvalue weighted by atomic mass is 16.3. The number of phenols is 3. The number of aliphatic hydroxyl groups is 2. The van der Waals surface area contributed by atoms with Crippen molar-refractivity contribution in [1.29, 1.82) is 0 Å². The molecule has 0 amide bonds. The van der Waals surface area contributed by atoms with Crippen molar-refractivity contribution in [2.45, 2.75) is 158 Å². The van der Waals surface area contributed by atoms with Crippen LogP contribution < -0.4 is 0 Å². The number of aliphatic hydroxyl groups excluding tert-OH is 2. The average molecular weight is 691 g/mol. The predicted octanol–water partition coefficient (Wildman–Crippen LogP) is 11.0. The van der Waals surface area contributed by atoms with Gasteiger partial charge in [-0.25, -0.2) is 0 Å². The zero-order valence-electron chi connectivity index (χ0n) is 34.4. The van der Waals surface area contributed by atoms with E-state index in [1.807, 2.05) is 45.9 Å². The van der Waals surface area contributed by atoms with Crippen LogP contribution in [0.15, 0.2) is 36.4 Å². The molecule has 0 bridgehead atoms. The van der Waals surface area contributed by atoms with Crippen LogP contribution in [0.25, 0.3) is 0 Å². The highest BCUT2D eigenvalue weighted by molar-refractivity contribution is 5.53. The molecule has 0 aliphatic heterocycles. The van der Waals surface area contributed by atoms with Crippen LogP contribution in [0, 0.1) is 32.1 Å². The van der Waals surface area contributed by atoms with Gasteiger partial charge in [0.05, 0.1) is 12.7 Å². The molecular weight excluding hydrogens is 620 g/mol. The first kappa shape index (κ1) is 43.1. The number of hydrogen-bond donors (Lipinski definition) is 5.